The number of quaternary nitrogens is 1. The SMILES string of the molecule is CCCCCC/C=C\CCCCCCCC(=O)OC(COCCCCCCCCCCCCCCCCCC)COP(=O)([O-])OCC[N+](C)(C)C. The number of phosphoric ester groups is 1. The van der Waals surface area contributed by atoms with Gasteiger partial charge in [0.05, 0.1) is 34.4 Å². The fourth-order valence-electron chi connectivity index (χ4n) is 5.95. The number of esters is 1. The minimum absolute atomic E-state index is 0.0276. The van der Waals surface area contributed by atoms with Gasteiger partial charge in [-0.05, 0) is 38.5 Å². The molecular formula is C42H84NO7P. The summed E-state index contributed by atoms with van der Waals surface area (Å²) in [5, 5.41) is 0. The average molecular weight is 746 g/mol. The number of carbonyl (C=O) groups excluding carboxylic acids is 1. The largest absolute Gasteiger partial charge is 0.756 e. The molecule has 0 aromatic carbocycles. The summed E-state index contributed by atoms with van der Waals surface area (Å²) in [6.07, 6.45) is 37.9. The fraction of sp³-hybridized carbons (Fsp3) is 0.929. The number of phosphoric acid groups is 1. The minimum Gasteiger partial charge on any atom is -0.756 e. The van der Waals surface area contributed by atoms with Crippen molar-refractivity contribution >= 4 is 13.8 Å². The third-order valence-corrected chi connectivity index (χ3v) is 10.3. The number of hydrogen-bond acceptors (Lipinski definition) is 7. The minimum atomic E-state index is -4.52. The van der Waals surface area contributed by atoms with E-state index in [9.17, 15) is 14.3 Å². The summed E-state index contributed by atoms with van der Waals surface area (Å²) in [5.41, 5.74) is 0. The van der Waals surface area contributed by atoms with E-state index in [1.54, 1.807) is 0 Å². The molecule has 0 saturated heterocycles. The number of likely N-dealkylation sites (N-methyl/N-ethyl adjacent to an activating group) is 1. The molecule has 0 spiro atoms. The lowest BCUT2D eigenvalue weighted by atomic mass is 10.0. The van der Waals surface area contributed by atoms with Gasteiger partial charge >= 0.3 is 5.97 Å². The molecule has 0 heterocycles. The van der Waals surface area contributed by atoms with Gasteiger partial charge < -0.3 is 27.9 Å². The van der Waals surface area contributed by atoms with Crippen molar-refractivity contribution in [2.45, 2.75) is 200 Å². The number of allylic oxidation sites excluding steroid dienone is 2. The Bertz CT molecular complexity index is 833. The van der Waals surface area contributed by atoms with Gasteiger partial charge in [-0.1, -0.05) is 161 Å². The zero-order valence-corrected chi connectivity index (χ0v) is 35.2. The molecule has 8 nitrogen and oxygen atoms in total. The van der Waals surface area contributed by atoms with Crippen molar-refractivity contribution in [3.63, 3.8) is 0 Å². The summed E-state index contributed by atoms with van der Waals surface area (Å²) in [5.74, 6) is -0.340. The van der Waals surface area contributed by atoms with Gasteiger partial charge in [-0.2, -0.15) is 0 Å². The fourth-order valence-corrected chi connectivity index (χ4v) is 6.68. The molecule has 0 aliphatic rings. The summed E-state index contributed by atoms with van der Waals surface area (Å²) in [4.78, 5) is 25.0. The molecule has 0 bridgehead atoms. The highest BCUT2D eigenvalue weighted by atomic mass is 31.2. The lowest BCUT2D eigenvalue weighted by Crippen LogP contribution is -2.37. The van der Waals surface area contributed by atoms with Gasteiger partial charge in [0.1, 0.15) is 19.3 Å². The molecule has 304 valence electrons. The lowest BCUT2D eigenvalue weighted by Gasteiger charge is -2.28. The van der Waals surface area contributed by atoms with Gasteiger partial charge in [-0.25, -0.2) is 0 Å². The van der Waals surface area contributed by atoms with Crippen LogP contribution in [0.1, 0.15) is 194 Å². The van der Waals surface area contributed by atoms with E-state index in [-0.39, 0.29) is 25.8 Å². The molecule has 0 aromatic heterocycles. The van der Waals surface area contributed by atoms with Crippen molar-refractivity contribution in [3.05, 3.63) is 12.2 Å². The predicted molar refractivity (Wildman–Crippen MR) is 213 cm³/mol. The molecule has 0 amide bonds. The first-order valence-electron chi connectivity index (χ1n) is 21.4. The van der Waals surface area contributed by atoms with Crippen LogP contribution in [0.3, 0.4) is 0 Å². The maximum absolute atomic E-state index is 12.6. The van der Waals surface area contributed by atoms with Crippen LogP contribution in [0, 0.1) is 0 Å². The number of ether oxygens (including phenoxy) is 2. The van der Waals surface area contributed by atoms with Crippen molar-refractivity contribution in [1.29, 1.82) is 0 Å². The molecule has 0 aromatic rings. The van der Waals surface area contributed by atoms with E-state index >= 15 is 0 Å². The van der Waals surface area contributed by atoms with Gasteiger partial charge in [0.2, 0.25) is 0 Å². The van der Waals surface area contributed by atoms with Crippen molar-refractivity contribution in [2.75, 3.05) is 54.1 Å². The van der Waals surface area contributed by atoms with Gasteiger partial charge in [-0.15, -0.1) is 0 Å². The van der Waals surface area contributed by atoms with E-state index in [1.165, 1.54) is 128 Å². The zero-order chi connectivity index (χ0) is 37.7. The molecule has 0 fully saturated rings. The van der Waals surface area contributed by atoms with Crippen molar-refractivity contribution < 1.29 is 37.3 Å². The summed E-state index contributed by atoms with van der Waals surface area (Å²) < 4.78 is 34.5. The van der Waals surface area contributed by atoms with Crippen LogP contribution < -0.4 is 4.89 Å². The second-order valence-corrected chi connectivity index (χ2v) is 17.1. The van der Waals surface area contributed by atoms with E-state index in [0.29, 0.717) is 24.1 Å². The highest BCUT2D eigenvalue weighted by Gasteiger charge is 2.20. The smallest absolute Gasteiger partial charge is 0.306 e. The standard InChI is InChI=1S/C42H84NO7P/c1-6-8-10-12-14-16-18-20-21-22-24-26-28-30-32-34-37-47-39-41(40-49-51(45,46)48-38-36-43(3,4)5)50-42(44)35-33-31-29-27-25-23-19-17-15-13-11-9-7-2/h17,19,41H,6-16,18,20-40H2,1-5H3/b19-17-. The van der Waals surface area contributed by atoms with E-state index in [4.69, 9.17) is 18.5 Å². The van der Waals surface area contributed by atoms with Crippen LogP contribution in [-0.2, 0) is 27.9 Å². The molecule has 2 unspecified atom stereocenters. The number of rotatable bonds is 40. The van der Waals surface area contributed by atoms with E-state index in [2.05, 4.69) is 26.0 Å². The molecule has 9 heteroatoms. The molecule has 0 aliphatic heterocycles. The Morgan fingerprint density at radius 2 is 1.02 bits per heavy atom. The van der Waals surface area contributed by atoms with Crippen LogP contribution in [-0.4, -0.2) is 70.7 Å². The Labute approximate surface area is 316 Å². The summed E-state index contributed by atoms with van der Waals surface area (Å²) in [6.45, 7) is 5.42. The second kappa shape index (κ2) is 36.2. The highest BCUT2D eigenvalue weighted by molar-refractivity contribution is 7.45. The summed E-state index contributed by atoms with van der Waals surface area (Å²) >= 11 is 0. The molecule has 2 atom stereocenters. The van der Waals surface area contributed by atoms with Gasteiger partial charge in [0.25, 0.3) is 7.82 Å². The van der Waals surface area contributed by atoms with Crippen LogP contribution in [0.2, 0.25) is 0 Å². The first kappa shape index (κ1) is 50.2. The third-order valence-electron chi connectivity index (χ3n) is 9.32. The van der Waals surface area contributed by atoms with Crippen molar-refractivity contribution in [2.24, 2.45) is 0 Å². The monoisotopic (exact) mass is 746 g/mol. The van der Waals surface area contributed by atoms with E-state index < -0.39 is 13.9 Å². The molecule has 0 rings (SSSR count). The van der Waals surface area contributed by atoms with Gasteiger partial charge in [0.15, 0.2) is 0 Å². The highest BCUT2D eigenvalue weighted by Crippen LogP contribution is 2.38. The number of nitrogens with zero attached hydrogens (tertiary/aromatic N) is 1. The first-order chi connectivity index (χ1) is 24.6. The molecule has 0 saturated carbocycles. The summed E-state index contributed by atoms with van der Waals surface area (Å²) in [7, 11) is 1.36. The molecule has 0 radical (unpaired) electrons. The Kier molecular flexibility index (Phi) is 35.7. The quantitative estimate of drug-likeness (QED) is 0.0203. The Morgan fingerprint density at radius 3 is 1.51 bits per heavy atom. The topological polar surface area (TPSA) is 94.1 Å². The molecule has 0 N–H and O–H groups in total. The van der Waals surface area contributed by atoms with Crippen LogP contribution in [0.25, 0.3) is 0 Å². The van der Waals surface area contributed by atoms with Crippen molar-refractivity contribution in [1.82, 2.24) is 0 Å². The van der Waals surface area contributed by atoms with Crippen LogP contribution in [0.4, 0.5) is 0 Å². The maximum Gasteiger partial charge on any atom is 0.306 e. The van der Waals surface area contributed by atoms with Crippen LogP contribution >= 0.6 is 7.82 Å². The Hall–Kier alpha value is -0.760. The Balaban J connectivity index is 4.22. The van der Waals surface area contributed by atoms with Crippen LogP contribution in [0.15, 0.2) is 12.2 Å². The van der Waals surface area contributed by atoms with Crippen LogP contribution in [0.5, 0.6) is 0 Å². The zero-order valence-electron chi connectivity index (χ0n) is 34.3. The number of carbonyl (C=O) groups is 1. The van der Waals surface area contributed by atoms with Gasteiger partial charge in [-0.3, -0.25) is 9.36 Å². The van der Waals surface area contributed by atoms with Gasteiger partial charge in [0, 0.05) is 13.0 Å². The normalized spacial score (nSPS) is 13.9. The first-order valence-corrected chi connectivity index (χ1v) is 22.9. The van der Waals surface area contributed by atoms with E-state index in [0.717, 1.165) is 44.9 Å². The van der Waals surface area contributed by atoms with E-state index in [1.807, 2.05) is 21.1 Å². The Morgan fingerprint density at radius 1 is 0.588 bits per heavy atom. The number of hydrogen-bond donors (Lipinski definition) is 0. The third kappa shape index (κ3) is 40.3. The van der Waals surface area contributed by atoms with Crippen molar-refractivity contribution in [3.8, 4) is 0 Å². The average Bonchev–Trinajstić information content (AvgIpc) is 3.08. The lowest BCUT2D eigenvalue weighted by molar-refractivity contribution is -0.870. The second-order valence-electron chi connectivity index (χ2n) is 15.7. The number of unbranched alkanes of at least 4 members (excludes halogenated alkanes) is 24. The predicted octanol–water partition coefficient (Wildman–Crippen LogP) is 11.6. The molecular weight excluding hydrogens is 661 g/mol. The molecule has 0 aliphatic carbocycles. The maximum atomic E-state index is 12.6. The molecule has 51 heavy (non-hydrogen) atoms. The summed E-state index contributed by atoms with van der Waals surface area (Å²) in [6, 6.07) is 0.